The molecule has 6 nitrogen and oxygen atoms in total. The van der Waals surface area contributed by atoms with Crippen LogP contribution in [0.5, 0.6) is 0 Å². The van der Waals surface area contributed by atoms with Crippen LogP contribution < -0.4 is 0 Å². The van der Waals surface area contributed by atoms with Crippen molar-refractivity contribution in [3.8, 4) is 0 Å². The maximum absolute atomic E-state index is 11.7. The molecule has 1 fully saturated rings. The van der Waals surface area contributed by atoms with Gasteiger partial charge >= 0.3 is 5.97 Å². The van der Waals surface area contributed by atoms with E-state index in [4.69, 9.17) is 9.47 Å². The second-order valence-electron chi connectivity index (χ2n) is 8.39. The van der Waals surface area contributed by atoms with E-state index in [0.717, 1.165) is 49.8 Å². The summed E-state index contributed by atoms with van der Waals surface area (Å²) in [5.41, 5.74) is 2.38. The monoisotopic (exact) mass is 390 g/mol. The zero-order valence-electron chi connectivity index (χ0n) is 16.5. The van der Waals surface area contributed by atoms with Crippen LogP contribution >= 0.6 is 0 Å². The molecule has 3 rings (SSSR count). The summed E-state index contributed by atoms with van der Waals surface area (Å²) in [6, 6.07) is 8.99. The Bertz CT molecular complexity index is 791. The minimum atomic E-state index is -1.17. The number of hydrogen-bond acceptors (Lipinski definition) is 4. The highest BCUT2D eigenvalue weighted by atomic mass is 28.3. The van der Waals surface area contributed by atoms with E-state index < -0.39 is 14.0 Å². The molecule has 2 heterocycles. The van der Waals surface area contributed by atoms with Crippen LogP contribution in [-0.2, 0) is 22.7 Å². The first kappa shape index (κ1) is 20.1. The van der Waals surface area contributed by atoms with Crippen molar-refractivity contribution in [2.45, 2.75) is 39.0 Å². The zero-order chi connectivity index (χ0) is 19.4. The predicted octanol–water partition coefficient (Wildman–Crippen LogP) is 3.48. The average Bonchev–Trinajstić information content (AvgIpc) is 2.97. The maximum atomic E-state index is 11.7. The minimum absolute atomic E-state index is 0.274. The van der Waals surface area contributed by atoms with Crippen molar-refractivity contribution in [3.05, 3.63) is 35.5 Å². The summed E-state index contributed by atoms with van der Waals surface area (Å²) in [4.78, 5) is 14.1. The van der Waals surface area contributed by atoms with Crippen LogP contribution in [0.4, 0.5) is 0 Å². The maximum Gasteiger partial charge on any atom is 0.352 e. The standard InChI is InChI=1S/C20H30N2O4Si/c1-27(2,3)11-10-26-15-22-18-12-16(14-21-6-8-25-9-7-21)4-5-17(18)13-19(22)20(23)24/h4-5,12-13H,6-11,14-15H2,1-3H3,(H,23,24). The summed E-state index contributed by atoms with van der Waals surface area (Å²) in [7, 11) is -1.17. The number of carboxylic acid groups (broad SMARTS) is 1. The second kappa shape index (κ2) is 8.56. The lowest BCUT2D eigenvalue weighted by Crippen LogP contribution is -2.35. The fourth-order valence-electron chi connectivity index (χ4n) is 3.27. The largest absolute Gasteiger partial charge is 0.477 e. The Morgan fingerprint density at radius 2 is 1.96 bits per heavy atom. The van der Waals surface area contributed by atoms with Crippen molar-refractivity contribution in [2.24, 2.45) is 0 Å². The molecule has 1 aromatic carbocycles. The highest BCUT2D eigenvalue weighted by Crippen LogP contribution is 2.23. The Hall–Kier alpha value is -1.67. The van der Waals surface area contributed by atoms with Crippen LogP contribution in [-0.4, -0.2) is 61.5 Å². The Morgan fingerprint density at radius 1 is 1.22 bits per heavy atom. The summed E-state index contributed by atoms with van der Waals surface area (Å²) in [5.74, 6) is -0.922. The molecular formula is C20H30N2O4Si. The van der Waals surface area contributed by atoms with Gasteiger partial charge in [0, 0.05) is 39.7 Å². The smallest absolute Gasteiger partial charge is 0.352 e. The molecule has 0 unspecified atom stereocenters. The van der Waals surface area contributed by atoms with Gasteiger partial charge in [0.2, 0.25) is 0 Å². The molecule has 1 aromatic heterocycles. The molecule has 1 saturated heterocycles. The van der Waals surface area contributed by atoms with Gasteiger partial charge < -0.3 is 19.1 Å². The van der Waals surface area contributed by atoms with Crippen molar-refractivity contribution >= 4 is 24.9 Å². The first-order valence-corrected chi connectivity index (χ1v) is 13.3. The van der Waals surface area contributed by atoms with E-state index in [0.29, 0.717) is 6.61 Å². The lowest BCUT2D eigenvalue weighted by Gasteiger charge is -2.26. The highest BCUT2D eigenvalue weighted by molar-refractivity contribution is 6.76. The quantitative estimate of drug-likeness (QED) is 0.552. The van der Waals surface area contributed by atoms with E-state index in [1.54, 1.807) is 10.6 Å². The molecule has 1 aliphatic heterocycles. The van der Waals surface area contributed by atoms with E-state index in [1.807, 2.05) is 6.07 Å². The number of nitrogens with zero attached hydrogens (tertiary/aromatic N) is 2. The number of benzene rings is 1. The molecule has 148 valence electrons. The van der Waals surface area contributed by atoms with Crippen LogP contribution in [0.1, 0.15) is 16.1 Å². The molecule has 2 aromatic rings. The molecule has 0 amide bonds. The number of morpholine rings is 1. The van der Waals surface area contributed by atoms with Crippen LogP contribution in [0.15, 0.2) is 24.3 Å². The first-order valence-electron chi connectivity index (χ1n) is 9.57. The van der Waals surface area contributed by atoms with Gasteiger partial charge in [-0.1, -0.05) is 31.8 Å². The normalized spacial score (nSPS) is 16.1. The van der Waals surface area contributed by atoms with Crippen molar-refractivity contribution in [2.75, 3.05) is 32.9 Å². The van der Waals surface area contributed by atoms with Gasteiger partial charge in [0.1, 0.15) is 12.4 Å². The lowest BCUT2D eigenvalue weighted by atomic mass is 10.1. The molecule has 1 aliphatic rings. The van der Waals surface area contributed by atoms with E-state index in [9.17, 15) is 9.90 Å². The molecule has 0 radical (unpaired) electrons. The second-order valence-corrected chi connectivity index (χ2v) is 14.0. The Balaban J connectivity index is 1.79. The molecule has 0 bridgehead atoms. The van der Waals surface area contributed by atoms with Crippen molar-refractivity contribution in [3.63, 3.8) is 0 Å². The number of aromatic carboxylic acids is 1. The highest BCUT2D eigenvalue weighted by Gasteiger charge is 2.17. The summed E-state index contributed by atoms with van der Waals surface area (Å²) in [5, 5.41) is 10.5. The number of carboxylic acids is 1. The SMILES string of the molecule is C[Si](C)(C)CCOCn1c(C(=O)O)cc2ccc(CN3CCOCC3)cc21. The topological polar surface area (TPSA) is 63.9 Å². The molecule has 27 heavy (non-hydrogen) atoms. The number of carbonyl (C=O) groups is 1. The number of hydrogen-bond donors (Lipinski definition) is 1. The van der Waals surface area contributed by atoms with Crippen molar-refractivity contribution < 1.29 is 19.4 Å². The van der Waals surface area contributed by atoms with Gasteiger partial charge in [-0.2, -0.15) is 0 Å². The van der Waals surface area contributed by atoms with E-state index >= 15 is 0 Å². The van der Waals surface area contributed by atoms with E-state index in [2.05, 4.69) is 36.7 Å². The van der Waals surface area contributed by atoms with Gasteiger partial charge in [-0.05, 0) is 23.7 Å². The lowest BCUT2D eigenvalue weighted by molar-refractivity contribution is 0.0342. The van der Waals surface area contributed by atoms with Crippen LogP contribution in [0.3, 0.4) is 0 Å². The molecule has 7 heteroatoms. The fourth-order valence-corrected chi connectivity index (χ4v) is 4.02. The summed E-state index contributed by atoms with van der Waals surface area (Å²) < 4.78 is 13.0. The van der Waals surface area contributed by atoms with Crippen molar-refractivity contribution in [1.82, 2.24) is 9.47 Å². The third-order valence-corrected chi connectivity index (χ3v) is 6.62. The number of rotatable bonds is 8. The Labute approximate surface area is 161 Å². The molecule has 0 saturated carbocycles. The van der Waals surface area contributed by atoms with E-state index in [-0.39, 0.29) is 12.4 Å². The van der Waals surface area contributed by atoms with E-state index in [1.165, 1.54) is 5.56 Å². The average molecular weight is 391 g/mol. The molecule has 1 N–H and O–H groups in total. The van der Waals surface area contributed by atoms with Gasteiger partial charge in [0.25, 0.3) is 0 Å². The third-order valence-electron chi connectivity index (χ3n) is 4.91. The van der Waals surface area contributed by atoms with Gasteiger partial charge in [0.15, 0.2) is 0 Å². The molecular weight excluding hydrogens is 360 g/mol. The van der Waals surface area contributed by atoms with Crippen molar-refractivity contribution in [1.29, 1.82) is 0 Å². The van der Waals surface area contributed by atoms with Crippen LogP contribution in [0.25, 0.3) is 10.9 Å². The first-order chi connectivity index (χ1) is 12.8. The predicted molar refractivity (Wildman–Crippen MR) is 109 cm³/mol. The molecule has 0 atom stereocenters. The van der Waals surface area contributed by atoms with Crippen LogP contribution in [0.2, 0.25) is 25.7 Å². The third kappa shape index (κ3) is 5.41. The molecule has 0 spiro atoms. The summed E-state index contributed by atoms with van der Waals surface area (Å²) in [6.45, 7) is 12.1. The zero-order valence-corrected chi connectivity index (χ0v) is 17.5. The summed E-state index contributed by atoms with van der Waals surface area (Å²) in [6.07, 6.45) is 0. The van der Waals surface area contributed by atoms with Gasteiger partial charge in [-0.25, -0.2) is 4.79 Å². The van der Waals surface area contributed by atoms with Crippen LogP contribution in [0, 0.1) is 0 Å². The fraction of sp³-hybridized carbons (Fsp3) is 0.550. The number of fused-ring (bicyclic) bond motifs is 1. The molecule has 0 aliphatic carbocycles. The number of ether oxygens (including phenoxy) is 2. The summed E-state index contributed by atoms with van der Waals surface area (Å²) >= 11 is 0. The Kier molecular flexibility index (Phi) is 6.36. The Morgan fingerprint density at radius 3 is 2.63 bits per heavy atom. The van der Waals surface area contributed by atoms with Gasteiger partial charge in [0.05, 0.1) is 18.7 Å². The number of aromatic nitrogens is 1. The van der Waals surface area contributed by atoms with Gasteiger partial charge in [-0.3, -0.25) is 4.90 Å². The minimum Gasteiger partial charge on any atom is -0.477 e. The van der Waals surface area contributed by atoms with Gasteiger partial charge in [-0.15, -0.1) is 0 Å².